The Morgan fingerprint density at radius 2 is 1.85 bits per heavy atom. The number of aryl methyl sites for hydroxylation is 3. The van der Waals surface area contributed by atoms with Gasteiger partial charge in [-0.2, -0.15) is 0 Å². The molecule has 0 spiro atoms. The molecule has 0 aliphatic heterocycles. The van der Waals surface area contributed by atoms with Crippen LogP contribution < -0.4 is 5.14 Å². The summed E-state index contributed by atoms with van der Waals surface area (Å²) in [7, 11) is -3.64. The number of pyridine rings is 1. The Morgan fingerprint density at radius 3 is 2.23 bits per heavy atom. The van der Waals surface area contributed by atoms with Gasteiger partial charge in [-0.1, -0.05) is 0 Å². The van der Waals surface area contributed by atoms with Crippen molar-refractivity contribution in [3.8, 4) is 0 Å². The lowest BCUT2D eigenvalue weighted by molar-refractivity contribution is 0.596. The van der Waals surface area contributed by atoms with E-state index in [1.54, 1.807) is 19.9 Å². The average molecular weight is 200 g/mol. The van der Waals surface area contributed by atoms with E-state index in [1.807, 2.05) is 6.92 Å². The fraction of sp³-hybridized carbons (Fsp3) is 0.375. The fourth-order valence-corrected chi connectivity index (χ4v) is 2.41. The fourth-order valence-electron chi connectivity index (χ4n) is 1.44. The first-order valence-electron chi connectivity index (χ1n) is 3.80. The molecule has 5 heteroatoms. The second-order valence-electron chi connectivity index (χ2n) is 3.04. The van der Waals surface area contributed by atoms with Gasteiger partial charge >= 0.3 is 0 Å². The maximum Gasteiger partial charge on any atom is 0.240 e. The summed E-state index contributed by atoms with van der Waals surface area (Å²) in [5.74, 6) is 0. The highest BCUT2D eigenvalue weighted by Gasteiger charge is 2.15. The molecule has 0 aliphatic carbocycles. The lowest BCUT2D eigenvalue weighted by Crippen LogP contribution is -2.16. The van der Waals surface area contributed by atoms with Crippen LogP contribution >= 0.6 is 0 Å². The predicted octanol–water partition coefficient (Wildman–Crippen LogP) is 0.654. The highest BCUT2D eigenvalue weighted by molar-refractivity contribution is 7.89. The molecule has 2 N–H and O–H groups in total. The molecule has 1 aromatic rings. The van der Waals surface area contributed by atoms with E-state index >= 15 is 0 Å². The standard InChI is InChI=1S/C8H12N2O2S/c1-5-4-6(2)10-7(3)8(5)13(9,11)12/h4H,1-3H3,(H2,9,11,12). The van der Waals surface area contributed by atoms with Crippen LogP contribution in [0.1, 0.15) is 17.0 Å². The lowest BCUT2D eigenvalue weighted by atomic mass is 10.2. The maximum atomic E-state index is 11.1. The Balaban J connectivity index is 3.57. The van der Waals surface area contributed by atoms with Gasteiger partial charge in [-0.3, -0.25) is 4.98 Å². The van der Waals surface area contributed by atoms with Crippen molar-refractivity contribution < 1.29 is 8.42 Å². The van der Waals surface area contributed by atoms with E-state index in [0.29, 0.717) is 11.3 Å². The SMILES string of the molecule is Cc1cc(C)c(S(N)(=O)=O)c(C)n1. The number of primary sulfonamides is 1. The van der Waals surface area contributed by atoms with Crippen LogP contribution in [-0.4, -0.2) is 13.4 Å². The molecule has 1 rings (SSSR count). The molecule has 0 saturated heterocycles. The van der Waals surface area contributed by atoms with E-state index in [1.165, 1.54) is 0 Å². The first-order chi connectivity index (χ1) is 5.82. The second-order valence-corrected chi connectivity index (χ2v) is 4.54. The highest BCUT2D eigenvalue weighted by Crippen LogP contribution is 2.17. The minimum absolute atomic E-state index is 0.137. The summed E-state index contributed by atoms with van der Waals surface area (Å²) in [6.07, 6.45) is 0. The lowest BCUT2D eigenvalue weighted by Gasteiger charge is -2.07. The summed E-state index contributed by atoms with van der Waals surface area (Å²) < 4.78 is 22.2. The second kappa shape index (κ2) is 3.08. The van der Waals surface area contributed by atoms with Crippen molar-refractivity contribution in [3.63, 3.8) is 0 Å². The largest absolute Gasteiger partial charge is 0.257 e. The molecule has 4 nitrogen and oxygen atoms in total. The molecule has 0 atom stereocenters. The van der Waals surface area contributed by atoms with Crippen LogP contribution in [0.5, 0.6) is 0 Å². The number of rotatable bonds is 1. The van der Waals surface area contributed by atoms with E-state index in [9.17, 15) is 8.42 Å². The molecule has 1 heterocycles. The van der Waals surface area contributed by atoms with Crippen LogP contribution in [0.3, 0.4) is 0 Å². The first-order valence-corrected chi connectivity index (χ1v) is 5.34. The summed E-state index contributed by atoms with van der Waals surface area (Å²) >= 11 is 0. The van der Waals surface area contributed by atoms with Crippen LogP contribution in [0, 0.1) is 20.8 Å². The molecule has 0 amide bonds. The molecule has 0 radical (unpaired) electrons. The minimum atomic E-state index is -3.64. The van der Waals surface area contributed by atoms with Crippen molar-refractivity contribution in [1.29, 1.82) is 0 Å². The summed E-state index contributed by atoms with van der Waals surface area (Å²) in [5.41, 5.74) is 1.90. The molecule has 1 aromatic heterocycles. The number of hydrogen-bond acceptors (Lipinski definition) is 3. The van der Waals surface area contributed by atoms with Gasteiger partial charge in [0, 0.05) is 5.69 Å². The molecule has 0 saturated carbocycles. The zero-order chi connectivity index (χ0) is 10.2. The number of nitrogens with two attached hydrogens (primary N) is 1. The van der Waals surface area contributed by atoms with E-state index in [-0.39, 0.29) is 4.90 Å². The zero-order valence-electron chi connectivity index (χ0n) is 7.83. The molecular weight excluding hydrogens is 188 g/mol. The van der Waals surface area contributed by atoms with Gasteiger partial charge in [0.1, 0.15) is 4.90 Å². The van der Waals surface area contributed by atoms with Crippen LogP contribution in [0.15, 0.2) is 11.0 Å². The monoisotopic (exact) mass is 200 g/mol. The summed E-state index contributed by atoms with van der Waals surface area (Å²) in [4.78, 5) is 4.18. The highest BCUT2D eigenvalue weighted by atomic mass is 32.2. The Hall–Kier alpha value is -0.940. The van der Waals surface area contributed by atoms with Crippen LogP contribution in [0.2, 0.25) is 0 Å². The normalized spacial score (nSPS) is 11.7. The Morgan fingerprint density at radius 1 is 1.31 bits per heavy atom. The molecular formula is C8H12N2O2S. The third-order valence-electron chi connectivity index (χ3n) is 1.74. The summed E-state index contributed by atoms with van der Waals surface area (Å²) in [6, 6.07) is 1.70. The first kappa shape index (κ1) is 10.1. The zero-order valence-corrected chi connectivity index (χ0v) is 8.64. The smallest absolute Gasteiger partial charge is 0.240 e. The van der Waals surface area contributed by atoms with Crippen molar-refractivity contribution >= 4 is 10.0 Å². The number of aromatic nitrogens is 1. The molecule has 0 aromatic carbocycles. The Kier molecular flexibility index (Phi) is 2.40. The summed E-state index contributed by atoms with van der Waals surface area (Å²) in [6.45, 7) is 5.16. The number of hydrogen-bond donors (Lipinski definition) is 1. The van der Waals surface area contributed by atoms with Crippen LogP contribution in [-0.2, 0) is 10.0 Å². The van der Waals surface area contributed by atoms with Gasteiger partial charge in [-0.25, -0.2) is 13.6 Å². The predicted molar refractivity (Wildman–Crippen MR) is 49.8 cm³/mol. The molecule has 72 valence electrons. The van der Waals surface area contributed by atoms with Crippen molar-refractivity contribution in [2.45, 2.75) is 25.7 Å². The topological polar surface area (TPSA) is 73.1 Å². The van der Waals surface area contributed by atoms with Gasteiger partial charge in [0.2, 0.25) is 10.0 Å². The molecule has 0 fully saturated rings. The van der Waals surface area contributed by atoms with Crippen LogP contribution in [0.25, 0.3) is 0 Å². The molecule has 0 bridgehead atoms. The average Bonchev–Trinajstić information content (AvgIpc) is 1.78. The summed E-state index contributed by atoms with van der Waals surface area (Å²) in [5, 5.41) is 5.04. The third kappa shape index (κ3) is 2.05. The number of nitrogens with zero attached hydrogens (tertiary/aromatic N) is 1. The molecule has 0 unspecified atom stereocenters. The Labute approximate surface area is 77.8 Å². The van der Waals surface area contributed by atoms with Gasteiger partial charge in [-0.05, 0) is 32.4 Å². The van der Waals surface area contributed by atoms with Crippen molar-refractivity contribution in [1.82, 2.24) is 4.98 Å². The number of sulfonamides is 1. The van der Waals surface area contributed by atoms with Gasteiger partial charge in [0.05, 0.1) is 5.69 Å². The van der Waals surface area contributed by atoms with E-state index in [2.05, 4.69) is 4.98 Å². The van der Waals surface area contributed by atoms with Crippen molar-refractivity contribution in [2.24, 2.45) is 5.14 Å². The van der Waals surface area contributed by atoms with Gasteiger partial charge in [-0.15, -0.1) is 0 Å². The minimum Gasteiger partial charge on any atom is -0.257 e. The third-order valence-corrected chi connectivity index (χ3v) is 2.93. The Bertz CT molecular complexity index is 414. The molecule has 13 heavy (non-hydrogen) atoms. The molecule has 0 aliphatic rings. The van der Waals surface area contributed by atoms with Crippen molar-refractivity contribution in [3.05, 3.63) is 23.0 Å². The van der Waals surface area contributed by atoms with Crippen molar-refractivity contribution in [2.75, 3.05) is 0 Å². The quantitative estimate of drug-likeness (QED) is 0.723. The van der Waals surface area contributed by atoms with Crippen LogP contribution in [0.4, 0.5) is 0 Å². The van der Waals surface area contributed by atoms with Gasteiger partial charge in [0.25, 0.3) is 0 Å². The van der Waals surface area contributed by atoms with Gasteiger partial charge < -0.3 is 0 Å². The van der Waals surface area contributed by atoms with Gasteiger partial charge in [0.15, 0.2) is 0 Å². The van der Waals surface area contributed by atoms with E-state index in [4.69, 9.17) is 5.14 Å². The maximum absolute atomic E-state index is 11.1. The van der Waals surface area contributed by atoms with E-state index < -0.39 is 10.0 Å². The van der Waals surface area contributed by atoms with E-state index in [0.717, 1.165) is 5.69 Å².